The molecule has 0 atom stereocenters. The summed E-state index contributed by atoms with van der Waals surface area (Å²) in [6.45, 7) is 4.56. The zero-order valence-electron chi connectivity index (χ0n) is 16.4. The van der Waals surface area contributed by atoms with E-state index in [1.165, 1.54) is 11.3 Å². The Morgan fingerprint density at radius 1 is 1.13 bits per heavy atom. The molecule has 152 valence electrons. The highest BCUT2D eigenvalue weighted by atomic mass is 32.1. The number of fused-ring (bicyclic) bond motifs is 2. The summed E-state index contributed by atoms with van der Waals surface area (Å²) in [5.41, 5.74) is 1.32. The first kappa shape index (κ1) is 19.8. The molecule has 0 unspecified atom stereocenters. The number of aromatic nitrogens is 1. The van der Waals surface area contributed by atoms with Crippen LogP contribution < -0.4 is 10.2 Å². The van der Waals surface area contributed by atoms with Gasteiger partial charge in [0.15, 0.2) is 16.0 Å². The molecule has 4 rings (SSSR count). The fourth-order valence-electron chi connectivity index (χ4n) is 3.16. The van der Waals surface area contributed by atoms with Crippen LogP contribution in [0.4, 0.5) is 0 Å². The van der Waals surface area contributed by atoms with Crippen LogP contribution in [-0.2, 0) is 11.3 Å². The number of amides is 1. The van der Waals surface area contributed by atoms with Gasteiger partial charge in [-0.2, -0.15) is 4.99 Å². The number of aryl methyl sites for hydroxylation is 1. The van der Waals surface area contributed by atoms with Gasteiger partial charge in [0.2, 0.25) is 0 Å². The lowest BCUT2D eigenvalue weighted by molar-refractivity contribution is 0.0526. The van der Waals surface area contributed by atoms with Crippen molar-refractivity contribution in [2.24, 2.45) is 4.99 Å². The van der Waals surface area contributed by atoms with Gasteiger partial charge in [0.1, 0.15) is 5.58 Å². The maximum atomic E-state index is 12.7. The van der Waals surface area contributed by atoms with Crippen molar-refractivity contribution < 1.29 is 18.7 Å². The number of nitrogens with zero attached hydrogens (tertiary/aromatic N) is 2. The van der Waals surface area contributed by atoms with Gasteiger partial charge in [-0.05, 0) is 44.2 Å². The number of para-hydroxylation sites is 1. The molecule has 0 aliphatic heterocycles. The molecule has 7 nitrogen and oxygen atoms in total. The number of benzene rings is 2. The van der Waals surface area contributed by atoms with Crippen molar-refractivity contribution in [1.82, 2.24) is 4.57 Å². The fourth-order valence-corrected chi connectivity index (χ4v) is 4.29. The van der Waals surface area contributed by atoms with Gasteiger partial charge in [0.05, 0.1) is 27.8 Å². The zero-order valence-corrected chi connectivity index (χ0v) is 17.2. The molecule has 2 aromatic carbocycles. The van der Waals surface area contributed by atoms with E-state index in [1.54, 1.807) is 49.4 Å². The van der Waals surface area contributed by atoms with Gasteiger partial charge in [-0.25, -0.2) is 4.79 Å². The monoisotopic (exact) mass is 422 g/mol. The number of hydrogen-bond acceptors (Lipinski definition) is 6. The van der Waals surface area contributed by atoms with E-state index in [1.807, 2.05) is 11.5 Å². The van der Waals surface area contributed by atoms with Crippen LogP contribution in [0.15, 0.2) is 62.7 Å². The lowest BCUT2D eigenvalue weighted by Crippen LogP contribution is -2.16. The fraction of sp³-hybridized carbons (Fsp3) is 0.182. The number of esters is 1. The Labute approximate surface area is 174 Å². The minimum Gasteiger partial charge on any atom is -0.462 e. The van der Waals surface area contributed by atoms with Gasteiger partial charge in [0.25, 0.3) is 0 Å². The summed E-state index contributed by atoms with van der Waals surface area (Å²) < 4.78 is 13.3. The van der Waals surface area contributed by atoms with Crippen LogP contribution in [0.5, 0.6) is 0 Å². The molecule has 2 heterocycles. The number of hydrogen-bond donors (Lipinski definition) is 0. The lowest BCUT2D eigenvalue weighted by atomic mass is 10.2. The topological polar surface area (TPSA) is 90.9 Å². The Morgan fingerprint density at radius 2 is 1.93 bits per heavy atom. The molecule has 0 saturated heterocycles. The Bertz CT molecular complexity index is 1410. The summed E-state index contributed by atoms with van der Waals surface area (Å²) in [4.78, 5) is 41.7. The average Bonchev–Trinajstić information content (AvgIpc) is 3.09. The van der Waals surface area contributed by atoms with E-state index in [0.717, 1.165) is 16.3 Å². The van der Waals surface area contributed by atoms with E-state index in [4.69, 9.17) is 9.15 Å². The Balaban J connectivity index is 1.81. The van der Waals surface area contributed by atoms with Gasteiger partial charge in [-0.3, -0.25) is 9.59 Å². The summed E-state index contributed by atoms with van der Waals surface area (Å²) in [5, 5.41) is 0.408. The van der Waals surface area contributed by atoms with E-state index in [2.05, 4.69) is 4.99 Å². The molecular formula is C22H18N2O5S. The maximum absolute atomic E-state index is 12.7. The van der Waals surface area contributed by atoms with Gasteiger partial charge < -0.3 is 13.7 Å². The van der Waals surface area contributed by atoms with Crippen molar-refractivity contribution in [1.29, 1.82) is 0 Å². The molecule has 0 aliphatic carbocycles. The summed E-state index contributed by atoms with van der Waals surface area (Å²) in [7, 11) is 0. The molecule has 8 heteroatoms. The largest absolute Gasteiger partial charge is 0.462 e. The van der Waals surface area contributed by atoms with Crippen LogP contribution in [-0.4, -0.2) is 23.1 Å². The zero-order chi connectivity index (χ0) is 21.3. The van der Waals surface area contributed by atoms with E-state index in [0.29, 0.717) is 34.5 Å². The predicted molar refractivity (Wildman–Crippen MR) is 114 cm³/mol. The molecule has 0 aliphatic rings. The smallest absolute Gasteiger partial charge is 0.338 e. The molecule has 2 aromatic heterocycles. The average molecular weight is 422 g/mol. The molecule has 0 bridgehead atoms. The van der Waals surface area contributed by atoms with E-state index in [9.17, 15) is 14.4 Å². The highest BCUT2D eigenvalue weighted by Gasteiger charge is 2.14. The third-order valence-electron chi connectivity index (χ3n) is 4.55. The minimum atomic E-state index is -0.641. The first-order chi connectivity index (χ1) is 14.5. The second-order valence-electron chi connectivity index (χ2n) is 6.42. The van der Waals surface area contributed by atoms with Crippen molar-refractivity contribution >= 4 is 44.4 Å². The third kappa shape index (κ3) is 3.57. The van der Waals surface area contributed by atoms with Gasteiger partial charge in [-0.1, -0.05) is 23.5 Å². The van der Waals surface area contributed by atoms with Gasteiger partial charge >= 0.3 is 11.9 Å². The first-order valence-corrected chi connectivity index (χ1v) is 10.3. The first-order valence-electron chi connectivity index (χ1n) is 9.44. The van der Waals surface area contributed by atoms with Crippen molar-refractivity contribution in [3.63, 3.8) is 0 Å². The number of carbonyl (C=O) groups excluding carboxylic acids is 2. The quantitative estimate of drug-likeness (QED) is 0.467. The molecular weight excluding hydrogens is 404 g/mol. The van der Waals surface area contributed by atoms with E-state index in [-0.39, 0.29) is 11.2 Å². The van der Waals surface area contributed by atoms with Crippen LogP contribution in [0.25, 0.3) is 21.2 Å². The highest BCUT2D eigenvalue weighted by Crippen LogP contribution is 2.20. The summed E-state index contributed by atoms with van der Waals surface area (Å²) in [5.74, 6) is -1.16. The number of ether oxygens (including phenoxy) is 1. The van der Waals surface area contributed by atoms with E-state index < -0.39 is 11.9 Å². The van der Waals surface area contributed by atoms with Crippen LogP contribution >= 0.6 is 11.3 Å². The normalized spacial score (nSPS) is 11.9. The van der Waals surface area contributed by atoms with Crippen LogP contribution in [0.2, 0.25) is 0 Å². The van der Waals surface area contributed by atoms with Crippen molar-refractivity contribution in [3.05, 3.63) is 74.9 Å². The van der Waals surface area contributed by atoms with Crippen LogP contribution in [0.1, 0.15) is 34.8 Å². The second kappa shape index (κ2) is 8.08. The Hall–Kier alpha value is -3.52. The number of carbonyl (C=O) groups is 2. The maximum Gasteiger partial charge on any atom is 0.338 e. The summed E-state index contributed by atoms with van der Waals surface area (Å²) in [6, 6.07) is 13.1. The second-order valence-corrected chi connectivity index (χ2v) is 7.43. The third-order valence-corrected chi connectivity index (χ3v) is 5.59. The molecule has 0 spiro atoms. The van der Waals surface area contributed by atoms with Gasteiger partial charge in [0, 0.05) is 12.6 Å². The Morgan fingerprint density at radius 3 is 2.70 bits per heavy atom. The van der Waals surface area contributed by atoms with Crippen molar-refractivity contribution in [2.45, 2.75) is 20.4 Å². The minimum absolute atomic E-state index is 0.119. The summed E-state index contributed by atoms with van der Waals surface area (Å²) >= 11 is 1.28. The van der Waals surface area contributed by atoms with Crippen molar-refractivity contribution in [2.75, 3.05) is 6.61 Å². The molecule has 30 heavy (non-hydrogen) atoms. The molecule has 4 aromatic rings. The molecule has 0 N–H and O–H groups in total. The lowest BCUT2D eigenvalue weighted by Gasteiger charge is -2.03. The van der Waals surface area contributed by atoms with Crippen LogP contribution in [0.3, 0.4) is 0 Å². The number of thiazole rings is 1. The summed E-state index contributed by atoms with van der Waals surface area (Å²) in [6.07, 6.45) is 0. The van der Waals surface area contributed by atoms with E-state index >= 15 is 0 Å². The molecule has 0 fully saturated rings. The SMILES string of the molecule is CCOC(=O)c1ccc2c(c1)sc(=NC(=O)c1cc(=O)c3ccccc3o1)n2CC. The van der Waals surface area contributed by atoms with Gasteiger partial charge in [-0.15, -0.1) is 0 Å². The van der Waals surface area contributed by atoms with Crippen LogP contribution in [0, 0.1) is 0 Å². The molecule has 0 radical (unpaired) electrons. The Kier molecular flexibility index (Phi) is 5.33. The standard InChI is InChI=1S/C22H18N2O5S/c1-3-24-15-10-9-13(21(27)28-4-2)11-19(15)30-22(24)23-20(26)18-12-16(25)14-7-5-6-8-17(14)29-18/h5-12H,3-4H2,1-2H3. The highest BCUT2D eigenvalue weighted by molar-refractivity contribution is 7.16. The number of rotatable bonds is 4. The molecule has 1 amide bonds. The van der Waals surface area contributed by atoms with Crippen molar-refractivity contribution in [3.8, 4) is 0 Å². The molecule has 0 saturated carbocycles. The predicted octanol–water partition coefficient (Wildman–Crippen LogP) is 3.75.